The lowest BCUT2D eigenvalue weighted by Gasteiger charge is -2.31. The zero-order valence-electron chi connectivity index (χ0n) is 11.7. The molecule has 2 aliphatic heterocycles. The molecule has 0 spiro atoms. The maximum atomic E-state index is 12.1. The van der Waals surface area contributed by atoms with Crippen LogP contribution in [0.4, 0.5) is 5.69 Å². The highest BCUT2D eigenvalue weighted by atomic mass is 16.5. The summed E-state index contributed by atoms with van der Waals surface area (Å²) >= 11 is 0. The largest absolute Gasteiger partial charge is 0.482 e. The van der Waals surface area contributed by atoms with E-state index in [2.05, 4.69) is 17.4 Å². The van der Waals surface area contributed by atoms with Gasteiger partial charge in [0.2, 0.25) is 0 Å². The van der Waals surface area contributed by atoms with Gasteiger partial charge >= 0.3 is 0 Å². The normalized spacial score (nSPS) is 26.8. The summed E-state index contributed by atoms with van der Waals surface area (Å²) in [5, 5.41) is 9.02. The number of hydrogen-bond donors (Lipinski definition) is 0. The first-order valence-electron chi connectivity index (χ1n) is 7.29. The number of amides is 1. The predicted octanol–water partition coefficient (Wildman–Crippen LogP) is 1.05. The highest BCUT2D eigenvalue weighted by molar-refractivity contribution is 5.98. The third kappa shape index (κ3) is 2.26. The second-order valence-corrected chi connectivity index (χ2v) is 5.91. The molecular formula is C16H16N3O2. The molecule has 1 radical (unpaired) electrons. The van der Waals surface area contributed by atoms with E-state index in [1.165, 1.54) is 0 Å². The van der Waals surface area contributed by atoms with Gasteiger partial charge in [-0.05, 0) is 36.5 Å². The zero-order valence-corrected chi connectivity index (χ0v) is 11.7. The lowest BCUT2D eigenvalue weighted by atomic mass is 10.1. The number of piperidine rings is 1. The van der Waals surface area contributed by atoms with Crippen molar-refractivity contribution in [2.24, 2.45) is 11.8 Å². The quantitative estimate of drug-likeness (QED) is 0.831. The number of nitriles is 1. The van der Waals surface area contributed by atoms with Crippen LogP contribution in [0.3, 0.4) is 0 Å². The van der Waals surface area contributed by atoms with E-state index in [1.54, 1.807) is 23.1 Å². The van der Waals surface area contributed by atoms with Gasteiger partial charge in [0.05, 0.1) is 17.3 Å². The first-order chi connectivity index (χ1) is 10.2. The summed E-state index contributed by atoms with van der Waals surface area (Å²) in [5.74, 6) is 2.21. The fourth-order valence-electron chi connectivity index (χ4n) is 3.26. The smallest absolute Gasteiger partial charge is 0.265 e. The Balaban J connectivity index is 1.51. The summed E-state index contributed by atoms with van der Waals surface area (Å²) in [4.78, 5) is 16.3. The number of benzene rings is 1. The molecule has 2 fully saturated rings. The standard InChI is InChI=1S/C16H16N3O2/c17-7-11-1-2-15-14(5-11)19(16(20)10-21-15)4-3-18-8-12-6-13(12)9-18/h1-2,5-6,12-13H,3-4,8-10H2. The van der Waals surface area contributed by atoms with E-state index in [4.69, 9.17) is 10.00 Å². The molecule has 5 nitrogen and oxygen atoms in total. The minimum atomic E-state index is -0.0338. The summed E-state index contributed by atoms with van der Waals surface area (Å²) < 4.78 is 5.44. The first kappa shape index (κ1) is 12.7. The molecule has 1 saturated heterocycles. The van der Waals surface area contributed by atoms with Crippen LogP contribution in [0.2, 0.25) is 0 Å². The van der Waals surface area contributed by atoms with E-state index in [0.717, 1.165) is 37.2 Å². The van der Waals surface area contributed by atoms with E-state index in [1.807, 2.05) is 0 Å². The molecule has 0 N–H and O–H groups in total. The Hall–Kier alpha value is -2.06. The minimum absolute atomic E-state index is 0.0338. The molecule has 1 aromatic carbocycles. The van der Waals surface area contributed by atoms with Gasteiger partial charge in [0.1, 0.15) is 5.75 Å². The van der Waals surface area contributed by atoms with Crippen molar-refractivity contribution in [3.05, 3.63) is 30.2 Å². The second-order valence-electron chi connectivity index (χ2n) is 5.91. The van der Waals surface area contributed by atoms with Crippen molar-refractivity contribution in [1.82, 2.24) is 4.90 Å². The van der Waals surface area contributed by atoms with Gasteiger partial charge in [0.25, 0.3) is 5.91 Å². The molecule has 1 aliphatic carbocycles. The molecule has 5 heteroatoms. The van der Waals surface area contributed by atoms with Gasteiger partial charge in [-0.25, -0.2) is 0 Å². The summed E-state index contributed by atoms with van der Waals surface area (Å²) in [6.07, 6.45) is 2.39. The third-order valence-corrected chi connectivity index (χ3v) is 4.51. The molecule has 1 aromatic rings. The Bertz CT molecular complexity index is 627. The van der Waals surface area contributed by atoms with Crippen molar-refractivity contribution in [3.63, 3.8) is 0 Å². The topological polar surface area (TPSA) is 56.6 Å². The number of likely N-dealkylation sites (tertiary alicyclic amines) is 1. The monoisotopic (exact) mass is 282 g/mol. The highest BCUT2D eigenvalue weighted by Gasteiger charge is 2.45. The molecule has 3 aliphatic rings. The van der Waals surface area contributed by atoms with Crippen LogP contribution in [-0.4, -0.2) is 43.6 Å². The summed E-state index contributed by atoms with van der Waals surface area (Å²) in [5.41, 5.74) is 1.27. The molecule has 107 valence electrons. The molecule has 2 heterocycles. The van der Waals surface area contributed by atoms with Crippen molar-refractivity contribution in [1.29, 1.82) is 5.26 Å². The fraction of sp³-hybridized carbons (Fsp3) is 0.438. The molecule has 21 heavy (non-hydrogen) atoms. The van der Waals surface area contributed by atoms with Crippen molar-refractivity contribution in [3.8, 4) is 11.8 Å². The molecule has 0 bridgehead atoms. The lowest BCUT2D eigenvalue weighted by Crippen LogP contribution is -2.43. The van der Waals surface area contributed by atoms with Crippen LogP contribution in [-0.2, 0) is 4.79 Å². The van der Waals surface area contributed by atoms with Gasteiger partial charge in [0, 0.05) is 26.2 Å². The van der Waals surface area contributed by atoms with E-state index >= 15 is 0 Å². The van der Waals surface area contributed by atoms with E-state index < -0.39 is 0 Å². The SMILES string of the molecule is N#Cc1ccc2c(c1)N(CCN1CC3[CH]C3C1)C(=O)CO2. The Kier molecular flexibility index (Phi) is 2.86. The number of anilines is 1. The molecule has 0 aromatic heterocycles. The first-order valence-corrected chi connectivity index (χ1v) is 7.29. The lowest BCUT2D eigenvalue weighted by molar-refractivity contribution is -0.121. The van der Waals surface area contributed by atoms with Gasteiger partial charge in [-0.1, -0.05) is 0 Å². The van der Waals surface area contributed by atoms with Crippen molar-refractivity contribution in [2.75, 3.05) is 37.7 Å². The Morgan fingerprint density at radius 2 is 2.10 bits per heavy atom. The summed E-state index contributed by atoms with van der Waals surface area (Å²) in [6.45, 7) is 3.85. The van der Waals surface area contributed by atoms with Gasteiger partial charge in [-0.2, -0.15) is 5.26 Å². The van der Waals surface area contributed by atoms with Crippen LogP contribution < -0.4 is 9.64 Å². The zero-order chi connectivity index (χ0) is 14.4. The van der Waals surface area contributed by atoms with Crippen LogP contribution >= 0.6 is 0 Å². The van der Waals surface area contributed by atoms with Gasteiger partial charge in [-0.3, -0.25) is 4.79 Å². The number of carbonyl (C=O) groups excluding carboxylic acids is 1. The minimum Gasteiger partial charge on any atom is -0.482 e. The number of ether oxygens (including phenoxy) is 1. The average molecular weight is 282 g/mol. The van der Waals surface area contributed by atoms with Gasteiger partial charge < -0.3 is 14.5 Å². The van der Waals surface area contributed by atoms with Gasteiger partial charge in [-0.15, -0.1) is 0 Å². The molecule has 2 atom stereocenters. The van der Waals surface area contributed by atoms with Crippen molar-refractivity contribution >= 4 is 11.6 Å². The van der Waals surface area contributed by atoms with Crippen LogP contribution in [0.15, 0.2) is 18.2 Å². The molecular weight excluding hydrogens is 266 g/mol. The Morgan fingerprint density at radius 3 is 2.86 bits per heavy atom. The van der Waals surface area contributed by atoms with Crippen LogP contribution in [0.25, 0.3) is 0 Å². The molecule has 2 unspecified atom stereocenters. The third-order valence-electron chi connectivity index (χ3n) is 4.51. The maximum Gasteiger partial charge on any atom is 0.265 e. The number of rotatable bonds is 3. The Morgan fingerprint density at radius 1 is 1.29 bits per heavy atom. The predicted molar refractivity (Wildman–Crippen MR) is 76.7 cm³/mol. The van der Waals surface area contributed by atoms with Crippen molar-refractivity contribution < 1.29 is 9.53 Å². The van der Waals surface area contributed by atoms with Crippen molar-refractivity contribution in [2.45, 2.75) is 0 Å². The molecule has 4 rings (SSSR count). The maximum absolute atomic E-state index is 12.1. The van der Waals surface area contributed by atoms with Crippen LogP contribution in [0.1, 0.15) is 5.56 Å². The number of hydrogen-bond acceptors (Lipinski definition) is 4. The van der Waals surface area contributed by atoms with Crippen LogP contribution in [0, 0.1) is 29.6 Å². The Labute approximate surface area is 123 Å². The van der Waals surface area contributed by atoms with E-state index in [9.17, 15) is 4.79 Å². The molecule has 1 amide bonds. The summed E-state index contributed by atoms with van der Waals surface area (Å²) in [7, 11) is 0. The second kappa shape index (κ2) is 4.74. The van der Waals surface area contributed by atoms with E-state index in [0.29, 0.717) is 17.9 Å². The number of carbonyl (C=O) groups is 1. The van der Waals surface area contributed by atoms with Gasteiger partial charge in [0.15, 0.2) is 6.61 Å². The number of fused-ring (bicyclic) bond motifs is 2. The average Bonchev–Trinajstić information content (AvgIpc) is 3.12. The molecule has 1 saturated carbocycles. The summed E-state index contributed by atoms with van der Waals surface area (Å²) in [6, 6.07) is 7.34. The fourth-order valence-corrected chi connectivity index (χ4v) is 3.26. The van der Waals surface area contributed by atoms with E-state index in [-0.39, 0.29) is 12.5 Å². The number of nitrogens with zero attached hydrogens (tertiary/aromatic N) is 3. The van der Waals surface area contributed by atoms with Crippen LogP contribution in [0.5, 0.6) is 5.75 Å². The highest BCUT2D eigenvalue weighted by Crippen LogP contribution is 2.43.